The molecule has 2 nitrogen and oxygen atoms in total. The Morgan fingerprint density at radius 3 is 2.55 bits per heavy atom. The number of hydrogen-bond donors (Lipinski definition) is 0. The van der Waals surface area contributed by atoms with E-state index in [0.717, 1.165) is 11.6 Å². The van der Waals surface area contributed by atoms with Crippen LogP contribution in [-0.2, 0) is 17.9 Å². The van der Waals surface area contributed by atoms with Gasteiger partial charge in [-0.3, -0.25) is 0 Å². The maximum absolute atomic E-state index is 5.93. The number of hydrogen-bond acceptors (Lipinski definition) is 1. The minimum atomic E-state index is 0.633. The van der Waals surface area contributed by atoms with Crippen molar-refractivity contribution in [2.75, 3.05) is 7.11 Å². The second-order valence-electron chi connectivity index (χ2n) is 4.86. The third kappa shape index (κ3) is 2.58. The molecule has 0 spiro atoms. The summed E-state index contributed by atoms with van der Waals surface area (Å²) in [7, 11) is 1.73. The van der Waals surface area contributed by atoms with Crippen molar-refractivity contribution in [3.8, 4) is 0 Å². The Labute approximate surface area is 123 Å². The van der Waals surface area contributed by atoms with Gasteiger partial charge in [0, 0.05) is 41.3 Å². The first-order valence-corrected chi connectivity index (χ1v) is 6.96. The average Bonchev–Trinajstić information content (AvgIpc) is 2.81. The summed E-state index contributed by atoms with van der Waals surface area (Å²) in [6.45, 7) is 1.47. The van der Waals surface area contributed by atoms with Gasteiger partial charge in [0.25, 0.3) is 0 Å². The summed E-state index contributed by atoms with van der Waals surface area (Å²) in [5, 5.41) is 2.02. The van der Waals surface area contributed by atoms with E-state index >= 15 is 0 Å². The zero-order chi connectivity index (χ0) is 13.9. The van der Waals surface area contributed by atoms with E-state index in [0.29, 0.717) is 6.61 Å². The molecule has 0 unspecified atom stereocenters. The third-order valence-corrected chi connectivity index (χ3v) is 3.69. The second-order valence-corrected chi connectivity index (χ2v) is 5.30. The molecule has 1 aromatic heterocycles. The Morgan fingerprint density at radius 2 is 1.80 bits per heavy atom. The van der Waals surface area contributed by atoms with E-state index in [4.69, 9.17) is 16.3 Å². The molecule has 0 aliphatic rings. The molecule has 102 valence electrons. The molecular weight excluding hydrogens is 270 g/mol. The molecule has 20 heavy (non-hydrogen) atoms. The summed E-state index contributed by atoms with van der Waals surface area (Å²) in [4.78, 5) is 0. The predicted molar refractivity (Wildman–Crippen MR) is 83.2 cm³/mol. The molecule has 2 aromatic carbocycles. The number of nitrogens with zero attached hydrogens (tertiary/aromatic N) is 1. The molecule has 0 atom stereocenters. The van der Waals surface area contributed by atoms with E-state index in [-0.39, 0.29) is 0 Å². The number of halogens is 1. The molecule has 1 heterocycles. The Morgan fingerprint density at radius 1 is 1.05 bits per heavy atom. The predicted octanol–water partition coefficient (Wildman–Crippen LogP) is 4.49. The van der Waals surface area contributed by atoms with E-state index in [1.165, 1.54) is 22.0 Å². The molecule has 0 bridgehead atoms. The number of aromatic nitrogens is 1. The van der Waals surface area contributed by atoms with Crippen LogP contribution < -0.4 is 0 Å². The Hall–Kier alpha value is -1.77. The zero-order valence-corrected chi connectivity index (χ0v) is 12.1. The molecule has 0 fully saturated rings. The van der Waals surface area contributed by atoms with Gasteiger partial charge in [0.1, 0.15) is 0 Å². The van der Waals surface area contributed by atoms with Gasteiger partial charge in [-0.15, -0.1) is 0 Å². The van der Waals surface area contributed by atoms with Crippen molar-refractivity contribution in [1.29, 1.82) is 0 Å². The summed E-state index contributed by atoms with van der Waals surface area (Å²) in [6, 6.07) is 16.4. The summed E-state index contributed by atoms with van der Waals surface area (Å²) >= 11 is 5.93. The van der Waals surface area contributed by atoms with Crippen molar-refractivity contribution in [3.63, 3.8) is 0 Å². The highest BCUT2D eigenvalue weighted by Crippen LogP contribution is 2.23. The van der Waals surface area contributed by atoms with Gasteiger partial charge < -0.3 is 9.30 Å². The van der Waals surface area contributed by atoms with Crippen LogP contribution in [0, 0.1) is 0 Å². The molecule has 3 heteroatoms. The van der Waals surface area contributed by atoms with Crippen molar-refractivity contribution in [2.45, 2.75) is 13.2 Å². The number of methoxy groups -OCH3 is 1. The topological polar surface area (TPSA) is 14.2 Å². The van der Waals surface area contributed by atoms with E-state index < -0.39 is 0 Å². The molecule has 0 amide bonds. The van der Waals surface area contributed by atoms with E-state index in [2.05, 4.69) is 47.2 Å². The summed E-state index contributed by atoms with van der Waals surface area (Å²) in [6.07, 6.45) is 2.17. The monoisotopic (exact) mass is 285 g/mol. The van der Waals surface area contributed by atoms with Crippen molar-refractivity contribution < 1.29 is 4.74 Å². The lowest BCUT2D eigenvalue weighted by Crippen LogP contribution is -1.97. The molecule has 0 aliphatic carbocycles. The van der Waals surface area contributed by atoms with Crippen LogP contribution in [0.3, 0.4) is 0 Å². The van der Waals surface area contributed by atoms with Crippen LogP contribution in [0.25, 0.3) is 10.9 Å². The van der Waals surface area contributed by atoms with Crippen molar-refractivity contribution in [3.05, 3.63) is 70.9 Å². The van der Waals surface area contributed by atoms with Gasteiger partial charge in [-0.1, -0.05) is 41.9 Å². The number of benzene rings is 2. The largest absolute Gasteiger partial charge is 0.380 e. The van der Waals surface area contributed by atoms with Crippen LogP contribution in [0.2, 0.25) is 5.02 Å². The highest BCUT2D eigenvalue weighted by molar-refractivity contribution is 6.30. The van der Waals surface area contributed by atoms with Gasteiger partial charge in [-0.2, -0.15) is 0 Å². The van der Waals surface area contributed by atoms with Gasteiger partial charge in [-0.25, -0.2) is 0 Å². The van der Waals surface area contributed by atoms with Crippen LogP contribution in [0.1, 0.15) is 11.1 Å². The minimum absolute atomic E-state index is 0.633. The van der Waals surface area contributed by atoms with Crippen molar-refractivity contribution in [1.82, 2.24) is 4.57 Å². The normalized spacial score (nSPS) is 11.1. The first-order chi connectivity index (χ1) is 9.78. The molecule has 0 saturated heterocycles. The summed E-state index contributed by atoms with van der Waals surface area (Å²) in [5.74, 6) is 0. The van der Waals surface area contributed by atoms with E-state index in [1.807, 2.05) is 12.1 Å². The van der Waals surface area contributed by atoms with Gasteiger partial charge in [0.2, 0.25) is 0 Å². The quantitative estimate of drug-likeness (QED) is 0.689. The van der Waals surface area contributed by atoms with Crippen molar-refractivity contribution in [2.24, 2.45) is 0 Å². The summed E-state index contributed by atoms with van der Waals surface area (Å²) < 4.78 is 7.54. The lowest BCUT2D eigenvalue weighted by Gasteiger charge is -2.05. The van der Waals surface area contributed by atoms with Crippen LogP contribution in [0.15, 0.2) is 54.7 Å². The zero-order valence-electron chi connectivity index (χ0n) is 11.3. The number of rotatable bonds is 4. The molecule has 3 aromatic rings. The highest BCUT2D eigenvalue weighted by atomic mass is 35.5. The number of fused-ring (bicyclic) bond motifs is 1. The lowest BCUT2D eigenvalue weighted by atomic mass is 10.2. The Bertz CT molecular complexity index is 715. The SMILES string of the molecule is COCc1cn(Cc2ccc(Cl)cc2)c2ccccc12. The molecular formula is C17H16ClNO. The maximum atomic E-state index is 5.93. The smallest absolute Gasteiger partial charge is 0.0733 e. The fraction of sp³-hybridized carbons (Fsp3) is 0.176. The van der Waals surface area contributed by atoms with Crippen LogP contribution in [-0.4, -0.2) is 11.7 Å². The standard InChI is InChI=1S/C17H16ClNO/c1-20-12-14-11-19(17-5-3-2-4-16(14)17)10-13-6-8-15(18)9-7-13/h2-9,11H,10,12H2,1H3. The Kier molecular flexibility index (Phi) is 3.77. The third-order valence-electron chi connectivity index (χ3n) is 3.44. The van der Waals surface area contributed by atoms with E-state index in [1.54, 1.807) is 7.11 Å². The van der Waals surface area contributed by atoms with Crippen LogP contribution >= 0.6 is 11.6 Å². The number of para-hydroxylation sites is 1. The fourth-order valence-corrected chi connectivity index (χ4v) is 2.64. The van der Waals surface area contributed by atoms with Gasteiger partial charge in [-0.05, 0) is 23.8 Å². The van der Waals surface area contributed by atoms with Crippen LogP contribution in [0.5, 0.6) is 0 Å². The molecule has 0 aliphatic heterocycles. The highest BCUT2D eigenvalue weighted by Gasteiger charge is 2.08. The lowest BCUT2D eigenvalue weighted by molar-refractivity contribution is 0.186. The second kappa shape index (κ2) is 5.70. The Balaban J connectivity index is 2.00. The molecule has 0 N–H and O–H groups in total. The summed E-state index contributed by atoms with van der Waals surface area (Å²) in [5.41, 5.74) is 3.69. The van der Waals surface area contributed by atoms with Gasteiger partial charge >= 0.3 is 0 Å². The van der Waals surface area contributed by atoms with E-state index in [9.17, 15) is 0 Å². The molecule has 0 saturated carbocycles. The van der Waals surface area contributed by atoms with Crippen LogP contribution in [0.4, 0.5) is 0 Å². The fourth-order valence-electron chi connectivity index (χ4n) is 2.51. The molecule has 3 rings (SSSR count). The van der Waals surface area contributed by atoms with Gasteiger partial charge in [0.05, 0.1) is 6.61 Å². The van der Waals surface area contributed by atoms with Gasteiger partial charge in [0.15, 0.2) is 0 Å². The first kappa shape index (κ1) is 13.2. The number of ether oxygens (including phenoxy) is 1. The average molecular weight is 286 g/mol. The first-order valence-electron chi connectivity index (χ1n) is 6.58. The maximum Gasteiger partial charge on any atom is 0.0733 e. The van der Waals surface area contributed by atoms with Crippen molar-refractivity contribution >= 4 is 22.5 Å². The minimum Gasteiger partial charge on any atom is -0.380 e. The molecule has 0 radical (unpaired) electrons.